The van der Waals surface area contributed by atoms with Gasteiger partial charge in [-0.05, 0) is 31.1 Å². The van der Waals surface area contributed by atoms with Crippen molar-refractivity contribution in [3.8, 4) is 0 Å². The van der Waals surface area contributed by atoms with E-state index in [-0.39, 0.29) is 36.5 Å². The highest BCUT2D eigenvalue weighted by Crippen LogP contribution is 2.11. The van der Waals surface area contributed by atoms with E-state index < -0.39 is 47.9 Å². The minimum Gasteiger partial charge on any atom is -0.480 e. The fourth-order valence-electron chi connectivity index (χ4n) is 3.07. The number of thiol groups is 1. The molecule has 0 aliphatic rings. The Bertz CT molecular complexity index is 716. The Morgan fingerprint density at radius 3 is 2.03 bits per heavy atom. The van der Waals surface area contributed by atoms with Crippen LogP contribution in [0.3, 0.4) is 0 Å². The molecule has 0 radical (unpaired) electrons. The van der Waals surface area contributed by atoms with Crippen molar-refractivity contribution in [3.05, 3.63) is 0 Å². The summed E-state index contributed by atoms with van der Waals surface area (Å²) in [4.78, 5) is 53.6. The number of nitrogens with two attached hydrogens (primary N) is 3. The van der Waals surface area contributed by atoms with Crippen LogP contribution < -0.4 is 33.2 Å². The van der Waals surface area contributed by atoms with Crippen LogP contribution in [0.4, 0.5) is 0 Å². The molecular formula is C21H41N7O5S. The van der Waals surface area contributed by atoms with Crippen molar-refractivity contribution in [2.24, 2.45) is 34.0 Å². The molecule has 5 unspecified atom stereocenters. The summed E-state index contributed by atoms with van der Waals surface area (Å²) in [7, 11) is 0. The Labute approximate surface area is 206 Å². The van der Waals surface area contributed by atoms with Gasteiger partial charge in [0.05, 0.1) is 6.04 Å². The SMILES string of the molecule is CCC(C)C(NC(=O)C(N)CC(C)C)C(=O)NC(CCCN=C(N)N)C(=O)NC(CS)C(=O)O. The lowest BCUT2D eigenvalue weighted by Gasteiger charge is -2.28. The van der Waals surface area contributed by atoms with Gasteiger partial charge in [0.25, 0.3) is 0 Å². The van der Waals surface area contributed by atoms with Crippen LogP contribution in [0.25, 0.3) is 0 Å². The summed E-state index contributed by atoms with van der Waals surface area (Å²) in [5.74, 6) is -3.25. The zero-order valence-corrected chi connectivity index (χ0v) is 21.3. The highest BCUT2D eigenvalue weighted by Gasteiger charge is 2.32. The average molecular weight is 504 g/mol. The first-order valence-corrected chi connectivity index (χ1v) is 12.0. The first kappa shape index (κ1) is 31.5. The lowest BCUT2D eigenvalue weighted by Crippen LogP contribution is -2.58. The Kier molecular flexibility index (Phi) is 14.9. The Morgan fingerprint density at radius 2 is 1.56 bits per heavy atom. The van der Waals surface area contributed by atoms with E-state index >= 15 is 0 Å². The molecule has 5 atom stereocenters. The highest BCUT2D eigenvalue weighted by molar-refractivity contribution is 7.80. The molecule has 12 nitrogen and oxygen atoms in total. The Morgan fingerprint density at radius 1 is 0.971 bits per heavy atom. The number of nitrogens with zero attached hydrogens (tertiary/aromatic N) is 1. The van der Waals surface area contributed by atoms with Gasteiger partial charge in [0.15, 0.2) is 5.96 Å². The third-order valence-electron chi connectivity index (χ3n) is 5.23. The van der Waals surface area contributed by atoms with Crippen molar-refractivity contribution >= 4 is 42.3 Å². The molecule has 0 aliphatic carbocycles. The predicted molar refractivity (Wildman–Crippen MR) is 134 cm³/mol. The molecule has 0 aromatic rings. The quantitative estimate of drug-likeness (QED) is 0.0560. The Hall–Kier alpha value is -2.54. The molecule has 0 aromatic carbocycles. The second-order valence-corrected chi connectivity index (χ2v) is 9.06. The van der Waals surface area contributed by atoms with Crippen LogP contribution >= 0.6 is 12.6 Å². The van der Waals surface area contributed by atoms with E-state index in [0.29, 0.717) is 19.3 Å². The number of aliphatic carboxylic acids is 1. The Balaban J connectivity index is 5.57. The van der Waals surface area contributed by atoms with Gasteiger partial charge in [0.1, 0.15) is 18.1 Å². The van der Waals surface area contributed by atoms with Gasteiger partial charge in [0.2, 0.25) is 17.7 Å². The normalized spacial score (nSPS) is 15.4. The van der Waals surface area contributed by atoms with Crippen molar-refractivity contribution in [3.63, 3.8) is 0 Å². The van der Waals surface area contributed by atoms with Gasteiger partial charge in [-0.1, -0.05) is 34.1 Å². The molecule has 10 N–H and O–H groups in total. The third kappa shape index (κ3) is 12.1. The standard InChI is InChI=1S/C21H41N7O5S/c1-5-12(4)16(28-17(29)13(22)9-11(2)3)19(31)26-14(7-6-8-25-21(23)24)18(30)27-15(10-34)20(32)33/h11-16,34H,5-10,22H2,1-4H3,(H,26,31)(H,27,30)(H,28,29)(H,32,33)(H4,23,24,25). The molecule has 34 heavy (non-hydrogen) atoms. The van der Waals surface area contributed by atoms with Gasteiger partial charge in [-0.25, -0.2) is 4.79 Å². The van der Waals surface area contributed by atoms with Crippen LogP contribution in [-0.4, -0.2) is 71.2 Å². The number of carboxylic acids is 1. The van der Waals surface area contributed by atoms with Gasteiger partial charge < -0.3 is 38.3 Å². The number of carbonyl (C=O) groups is 4. The number of carboxylic acid groups (broad SMARTS) is 1. The maximum atomic E-state index is 13.1. The molecule has 196 valence electrons. The molecule has 3 amide bonds. The lowest BCUT2D eigenvalue weighted by molar-refractivity contribution is -0.141. The van der Waals surface area contributed by atoms with E-state index in [4.69, 9.17) is 17.2 Å². The summed E-state index contributed by atoms with van der Waals surface area (Å²) < 4.78 is 0. The largest absolute Gasteiger partial charge is 0.480 e. The summed E-state index contributed by atoms with van der Waals surface area (Å²) in [6.45, 7) is 7.76. The van der Waals surface area contributed by atoms with Crippen molar-refractivity contribution in [1.29, 1.82) is 0 Å². The van der Waals surface area contributed by atoms with Crippen molar-refractivity contribution in [1.82, 2.24) is 16.0 Å². The molecule has 0 aromatic heterocycles. The van der Waals surface area contributed by atoms with E-state index in [9.17, 15) is 24.3 Å². The maximum absolute atomic E-state index is 13.1. The van der Waals surface area contributed by atoms with Gasteiger partial charge in [0, 0.05) is 12.3 Å². The molecule has 0 saturated carbocycles. The van der Waals surface area contributed by atoms with E-state index in [2.05, 4.69) is 33.6 Å². The molecule has 0 spiro atoms. The second kappa shape index (κ2) is 16.1. The lowest BCUT2D eigenvalue weighted by atomic mass is 9.96. The summed E-state index contributed by atoms with van der Waals surface area (Å²) in [5.41, 5.74) is 16.6. The number of hydrogen-bond donors (Lipinski definition) is 8. The molecule has 0 heterocycles. The van der Waals surface area contributed by atoms with Crippen LogP contribution in [0.15, 0.2) is 4.99 Å². The first-order valence-electron chi connectivity index (χ1n) is 11.4. The number of nitrogens with one attached hydrogen (secondary N) is 3. The van der Waals surface area contributed by atoms with E-state index in [0.717, 1.165) is 0 Å². The molecule has 0 bridgehead atoms. The number of hydrogen-bond acceptors (Lipinski definition) is 7. The van der Waals surface area contributed by atoms with Crippen LogP contribution in [0, 0.1) is 11.8 Å². The van der Waals surface area contributed by atoms with E-state index in [1.54, 1.807) is 6.92 Å². The monoisotopic (exact) mass is 503 g/mol. The number of guanidine groups is 1. The van der Waals surface area contributed by atoms with Crippen molar-refractivity contribution in [2.75, 3.05) is 12.3 Å². The smallest absolute Gasteiger partial charge is 0.327 e. The molecule has 13 heteroatoms. The van der Waals surface area contributed by atoms with Crippen molar-refractivity contribution in [2.45, 2.75) is 77.5 Å². The van der Waals surface area contributed by atoms with E-state index in [1.165, 1.54) is 0 Å². The number of rotatable bonds is 16. The fraction of sp³-hybridized carbons (Fsp3) is 0.762. The summed E-state index contributed by atoms with van der Waals surface area (Å²) >= 11 is 3.94. The molecular weight excluding hydrogens is 462 g/mol. The molecule has 0 rings (SSSR count). The number of aliphatic imine (C=N–C) groups is 1. The molecule has 0 fully saturated rings. The fourth-order valence-corrected chi connectivity index (χ4v) is 3.32. The summed E-state index contributed by atoms with van der Waals surface area (Å²) in [6, 6.07) is -4.00. The zero-order valence-electron chi connectivity index (χ0n) is 20.4. The van der Waals surface area contributed by atoms with Crippen LogP contribution in [0.1, 0.15) is 53.4 Å². The maximum Gasteiger partial charge on any atom is 0.327 e. The van der Waals surface area contributed by atoms with Gasteiger partial charge >= 0.3 is 5.97 Å². The minimum absolute atomic E-state index is 0.108. The highest BCUT2D eigenvalue weighted by atomic mass is 32.1. The van der Waals surface area contributed by atoms with Crippen LogP contribution in [0.5, 0.6) is 0 Å². The second-order valence-electron chi connectivity index (χ2n) is 8.70. The summed E-state index contributed by atoms with van der Waals surface area (Å²) in [5, 5.41) is 16.9. The first-order chi connectivity index (χ1) is 15.8. The van der Waals surface area contributed by atoms with Gasteiger partial charge in [-0.15, -0.1) is 0 Å². The van der Waals surface area contributed by atoms with Crippen molar-refractivity contribution < 1.29 is 24.3 Å². The number of carbonyl (C=O) groups excluding carboxylic acids is 3. The third-order valence-corrected chi connectivity index (χ3v) is 5.60. The van der Waals surface area contributed by atoms with Gasteiger partial charge in [-0.2, -0.15) is 12.6 Å². The predicted octanol–water partition coefficient (Wildman–Crippen LogP) is -1.07. The average Bonchev–Trinajstić information content (AvgIpc) is 2.75. The van der Waals surface area contributed by atoms with Crippen LogP contribution in [0.2, 0.25) is 0 Å². The van der Waals surface area contributed by atoms with Crippen LogP contribution in [-0.2, 0) is 19.2 Å². The zero-order chi connectivity index (χ0) is 26.4. The topological polar surface area (TPSA) is 215 Å². The van der Waals surface area contributed by atoms with Gasteiger partial charge in [-0.3, -0.25) is 19.4 Å². The molecule has 0 aliphatic heterocycles. The van der Waals surface area contributed by atoms with E-state index in [1.807, 2.05) is 20.8 Å². The number of amides is 3. The summed E-state index contributed by atoms with van der Waals surface area (Å²) in [6.07, 6.45) is 1.52. The minimum atomic E-state index is -1.25. The molecule has 0 saturated heterocycles.